The van der Waals surface area contributed by atoms with E-state index in [4.69, 9.17) is 9.84 Å². The van der Waals surface area contributed by atoms with E-state index in [0.29, 0.717) is 5.75 Å². The topological polar surface area (TPSA) is 62.3 Å². The number of aromatic nitrogens is 1. The number of hydrogen-bond donors (Lipinski definition) is 2. The zero-order valence-electron chi connectivity index (χ0n) is 7.87. The number of fused-ring (bicyclic) bond motifs is 1. The van der Waals surface area contributed by atoms with E-state index in [2.05, 4.69) is 20.9 Å². The van der Waals surface area contributed by atoms with Crippen molar-refractivity contribution in [2.45, 2.75) is 0 Å². The van der Waals surface area contributed by atoms with Gasteiger partial charge in [0.2, 0.25) is 0 Å². The van der Waals surface area contributed by atoms with Gasteiger partial charge in [0, 0.05) is 10.9 Å². The van der Waals surface area contributed by atoms with Crippen molar-refractivity contribution in [3.05, 3.63) is 28.4 Å². The van der Waals surface area contributed by atoms with Crippen molar-refractivity contribution in [2.24, 2.45) is 0 Å². The molecule has 5 heteroatoms. The van der Waals surface area contributed by atoms with Crippen LogP contribution in [0.15, 0.2) is 22.7 Å². The normalized spacial score (nSPS) is 10.5. The summed E-state index contributed by atoms with van der Waals surface area (Å²) in [4.78, 5) is 13.5. The van der Waals surface area contributed by atoms with Gasteiger partial charge in [-0.25, -0.2) is 4.79 Å². The third-order valence-electron chi connectivity index (χ3n) is 2.12. The van der Waals surface area contributed by atoms with E-state index in [-0.39, 0.29) is 5.69 Å². The minimum Gasteiger partial charge on any atom is -0.496 e. The standard InChI is InChI=1S/C10H8BrNO3/c1-15-9-3-5-2-8(10(13)14)12-7(5)4-6(9)11/h2-4,12H,1H3,(H,13,14). The predicted molar refractivity (Wildman–Crippen MR) is 59.5 cm³/mol. The number of hydrogen-bond acceptors (Lipinski definition) is 2. The Morgan fingerprint density at radius 1 is 1.47 bits per heavy atom. The molecule has 0 aliphatic heterocycles. The molecule has 1 aromatic heterocycles. The number of carboxylic acid groups (broad SMARTS) is 1. The van der Waals surface area contributed by atoms with Gasteiger partial charge in [0.1, 0.15) is 11.4 Å². The first-order valence-corrected chi connectivity index (χ1v) is 5.00. The van der Waals surface area contributed by atoms with Crippen molar-refractivity contribution in [3.63, 3.8) is 0 Å². The number of nitrogens with one attached hydrogen (secondary N) is 1. The molecule has 0 radical (unpaired) electrons. The second-order valence-electron chi connectivity index (χ2n) is 3.06. The average Bonchev–Trinajstić information content (AvgIpc) is 2.59. The van der Waals surface area contributed by atoms with Crippen LogP contribution in [0.2, 0.25) is 0 Å². The molecule has 15 heavy (non-hydrogen) atoms. The van der Waals surface area contributed by atoms with Crippen LogP contribution < -0.4 is 4.74 Å². The second-order valence-corrected chi connectivity index (χ2v) is 3.92. The first-order chi connectivity index (χ1) is 7.11. The summed E-state index contributed by atoms with van der Waals surface area (Å²) >= 11 is 3.33. The van der Waals surface area contributed by atoms with Crippen LogP contribution in [0.3, 0.4) is 0 Å². The Balaban J connectivity index is 2.66. The first-order valence-electron chi connectivity index (χ1n) is 4.21. The summed E-state index contributed by atoms with van der Waals surface area (Å²) < 4.78 is 5.90. The van der Waals surface area contributed by atoms with Crippen LogP contribution in [-0.2, 0) is 0 Å². The second kappa shape index (κ2) is 3.58. The lowest BCUT2D eigenvalue weighted by molar-refractivity contribution is 0.0691. The Kier molecular flexibility index (Phi) is 2.40. The van der Waals surface area contributed by atoms with E-state index in [1.165, 1.54) is 0 Å². The fourth-order valence-electron chi connectivity index (χ4n) is 1.41. The molecule has 2 rings (SSSR count). The van der Waals surface area contributed by atoms with Crippen molar-refractivity contribution in [3.8, 4) is 5.75 Å². The van der Waals surface area contributed by atoms with Gasteiger partial charge in [0.05, 0.1) is 11.6 Å². The number of ether oxygens (including phenoxy) is 1. The highest BCUT2D eigenvalue weighted by Gasteiger charge is 2.09. The Labute approximate surface area is 94.0 Å². The molecule has 0 amide bonds. The molecule has 2 N–H and O–H groups in total. The maximum atomic E-state index is 10.7. The SMILES string of the molecule is COc1cc2cc(C(=O)O)[nH]c2cc1Br. The number of carbonyl (C=O) groups is 1. The molecule has 0 saturated carbocycles. The first kappa shape index (κ1) is 10.0. The third-order valence-corrected chi connectivity index (χ3v) is 2.74. The van der Waals surface area contributed by atoms with Crippen LogP contribution in [0.5, 0.6) is 5.75 Å². The number of halogens is 1. The van der Waals surface area contributed by atoms with E-state index >= 15 is 0 Å². The van der Waals surface area contributed by atoms with Crippen LogP contribution >= 0.6 is 15.9 Å². The summed E-state index contributed by atoms with van der Waals surface area (Å²) in [5.74, 6) is -0.292. The molecule has 0 unspecified atom stereocenters. The zero-order valence-corrected chi connectivity index (χ0v) is 9.46. The largest absolute Gasteiger partial charge is 0.496 e. The van der Waals surface area contributed by atoms with Crippen LogP contribution in [0, 0.1) is 0 Å². The summed E-state index contributed by atoms with van der Waals surface area (Å²) in [5.41, 5.74) is 0.935. The number of benzene rings is 1. The smallest absolute Gasteiger partial charge is 0.352 e. The summed E-state index contributed by atoms with van der Waals surface area (Å²) in [6.45, 7) is 0. The van der Waals surface area contributed by atoms with E-state index < -0.39 is 5.97 Å². The summed E-state index contributed by atoms with van der Waals surface area (Å²) in [7, 11) is 1.57. The monoisotopic (exact) mass is 269 g/mol. The molecule has 0 fully saturated rings. The van der Waals surface area contributed by atoms with Gasteiger partial charge in [-0.3, -0.25) is 0 Å². The number of carboxylic acids is 1. The van der Waals surface area contributed by atoms with E-state index in [9.17, 15) is 4.79 Å². The van der Waals surface area contributed by atoms with Gasteiger partial charge in [0.15, 0.2) is 0 Å². The molecule has 4 nitrogen and oxygen atoms in total. The third kappa shape index (κ3) is 1.70. The van der Waals surface area contributed by atoms with Gasteiger partial charge in [-0.15, -0.1) is 0 Å². The Morgan fingerprint density at radius 2 is 2.20 bits per heavy atom. The number of rotatable bonds is 2. The maximum absolute atomic E-state index is 10.7. The highest BCUT2D eigenvalue weighted by Crippen LogP contribution is 2.30. The van der Waals surface area contributed by atoms with Gasteiger partial charge >= 0.3 is 5.97 Å². The molecule has 0 atom stereocenters. The van der Waals surface area contributed by atoms with Crippen molar-refractivity contribution in [1.82, 2.24) is 4.98 Å². The molecule has 78 valence electrons. The fraction of sp³-hybridized carbons (Fsp3) is 0.100. The van der Waals surface area contributed by atoms with Crippen molar-refractivity contribution in [2.75, 3.05) is 7.11 Å². The highest BCUT2D eigenvalue weighted by molar-refractivity contribution is 9.10. The minimum absolute atomic E-state index is 0.171. The van der Waals surface area contributed by atoms with Crippen LogP contribution in [0.25, 0.3) is 10.9 Å². The Morgan fingerprint density at radius 3 is 2.80 bits per heavy atom. The van der Waals surface area contributed by atoms with E-state index in [1.54, 1.807) is 25.3 Å². The van der Waals surface area contributed by atoms with Crippen molar-refractivity contribution >= 4 is 32.8 Å². The fourth-order valence-corrected chi connectivity index (χ4v) is 1.91. The molecule has 0 saturated heterocycles. The molecule has 2 aromatic rings. The molecule has 0 aliphatic carbocycles. The highest BCUT2D eigenvalue weighted by atomic mass is 79.9. The van der Waals surface area contributed by atoms with Gasteiger partial charge < -0.3 is 14.8 Å². The quantitative estimate of drug-likeness (QED) is 0.881. The molecule has 0 spiro atoms. The number of H-pyrrole nitrogens is 1. The molecule has 0 aliphatic rings. The van der Waals surface area contributed by atoms with Gasteiger partial charge in [0.25, 0.3) is 0 Å². The average molecular weight is 270 g/mol. The molecular formula is C10H8BrNO3. The lowest BCUT2D eigenvalue weighted by atomic mass is 10.2. The molecular weight excluding hydrogens is 262 g/mol. The molecule has 1 aromatic carbocycles. The predicted octanol–water partition coefficient (Wildman–Crippen LogP) is 2.64. The molecule has 0 bridgehead atoms. The van der Waals surface area contributed by atoms with Crippen LogP contribution in [0.4, 0.5) is 0 Å². The minimum atomic E-state index is -0.971. The Bertz CT molecular complexity index is 533. The van der Waals surface area contributed by atoms with E-state index in [0.717, 1.165) is 15.4 Å². The lowest BCUT2D eigenvalue weighted by Crippen LogP contribution is -1.94. The number of aromatic amines is 1. The number of methoxy groups -OCH3 is 1. The zero-order chi connectivity index (χ0) is 11.0. The van der Waals surface area contributed by atoms with Crippen LogP contribution in [0.1, 0.15) is 10.5 Å². The van der Waals surface area contributed by atoms with Crippen LogP contribution in [-0.4, -0.2) is 23.2 Å². The summed E-state index contributed by atoms with van der Waals surface area (Å²) in [6, 6.07) is 5.15. The Hall–Kier alpha value is -1.49. The maximum Gasteiger partial charge on any atom is 0.352 e. The molecule has 1 heterocycles. The van der Waals surface area contributed by atoms with Gasteiger partial charge in [-0.05, 0) is 34.1 Å². The van der Waals surface area contributed by atoms with Crippen molar-refractivity contribution < 1.29 is 14.6 Å². The van der Waals surface area contributed by atoms with E-state index in [1.807, 2.05) is 0 Å². The summed E-state index contributed by atoms with van der Waals surface area (Å²) in [5, 5.41) is 9.62. The lowest BCUT2D eigenvalue weighted by Gasteiger charge is -2.02. The van der Waals surface area contributed by atoms with Gasteiger partial charge in [-0.1, -0.05) is 0 Å². The number of aromatic carboxylic acids is 1. The summed E-state index contributed by atoms with van der Waals surface area (Å²) in [6.07, 6.45) is 0. The van der Waals surface area contributed by atoms with Gasteiger partial charge in [-0.2, -0.15) is 0 Å². The van der Waals surface area contributed by atoms with Crippen molar-refractivity contribution in [1.29, 1.82) is 0 Å².